The van der Waals surface area contributed by atoms with Crippen molar-refractivity contribution < 1.29 is 27.8 Å². The SMILES string of the molecule is CN(C)Cc1c(OCC2CC2)ccc2c(CCC3CCN(CCn4ccccc4=O)CC3)noc12.CN(C)Cc1c(OCC2CC2)ccc2c(CCC3CCN(CCn4ccccc4=O)CC3)noc12.CN(C)Cc1c(OCC2CC2)ccc2c(CCC3CCNCC3)noc12.Cl.Cl. The van der Waals surface area contributed by atoms with Crippen LogP contribution in [-0.4, -0.2) is 164 Å². The van der Waals surface area contributed by atoms with Gasteiger partial charge in [0, 0.05) is 86.5 Å². The zero-order valence-electron chi connectivity index (χ0n) is 59.1. The van der Waals surface area contributed by atoms with Crippen molar-refractivity contribution >= 4 is 57.7 Å². The molecule has 21 heteroatoms. The Kier molecular flexibility index (Phi) is 27.6. The molecule has 8 heterocycles. The fourth-order valence-corrected chi connectivity index (χ4v) is 14.1. The Bertz CT molecular complexity index is 3680. The van der Waals surface area contributed by atoms with Gasteiger partial charge in [0.2, 0.25) is 0 Å². The first-order valence-electron chi connectivity index (χ1n) is 36.3. The molecule has 3 saturated heterocycles. The van der Waals surface area contributed by atoms with Crippen LogP contribution < -0.4 is 30.6 Å². The summed E-state index contributed by atoms with van der Waals surface area (Å²) in [7, 11) is 12.5. The molecule has 14 rings (SSSR count). The lowest BCUT2D eigenvalue weighted by molar-refractivity contribution is 0.173. The third-order valence-corrected chi connectivity index (χ3v) is 20.6. The smallest absolute Gasteiger partial charge is 0.250 e. The average Bonchev–Trinajstić information content (AvgIpc) is 1.64. The minimum atomic E-state index is 0. The summed E-state index contributed by atoms with van der Waals surface area (Å²) in [5, 5.41) is 20.3. The Hall–Kier alpha value is -6.29. The molecular weight excluding hydrogens is 1280 g/mol. The van der Waals surface area contributed by atoms with Crippen LogP contribution in [0.25, 0.3) is 32.9 Å². The largest absolute Gasteiger partial charge is 0.493 e. The van der Waals surface area contributed by atoms with Crippen molar-refractivity contribution in [3.63, 3.8) is 0 Å². The van der Waals surface area contributed by atoms with Crippen LogP contribution >= 0.6 is 24.8 Å². The molecule has 1 N–H and O–H groups in total. The number of nitrogens with one attached hydrogen (secondary N) is 1. The van der Waals surface area contributed by atoms with E-state index in [-0.39, 0.29) is 35.9 Å². The zero-order chi connectivity index (χ0) is 66.3. The van der Waals surface area contributed by atoms with E-state index in [9.17, 15) is 9.59 Å². The third kappa shape index (κ3) is 21.1. The number of fused-ring (bicyclic) bond motifs is 3. The second-order valence-corrected chi connectivity index (χ2v) is 29.5. The first-order chi connectivity index (χ1) is 46.8. The van der Waals surface area contributed by atoms with Crippen LogP contribution in [0, 0.1) is 35.5 Å². The maximum absolute atomic E-state index is 11.9. The van der Waals surface area contributed by atoms with Crippen molar-refractivity contribution in [1.29, 1.82) is 0 Å². The number of aryl methyl sites for hydroxylation is 3. The highest BCUT2D eigenvalue weighted by Gasteiger charge is 2.29. The predicted octanol–water partition coefficient (Wildman–Crippen LogP) is 12.8. The van der Waals surface area contributed by atoms with Gasteiger partial charge in [-0.15, -0.1) is 24.8 Å². The van der Waals surface area contributed by atoms with Crippen LogP contribution in [0.4, 0.5) is 0 Å². The van der Waals surface area contributed by atoms with Crippen molar-refractivity contribution in [2.24, 2.45) is 35.5 Å². The van der Waals surface area contributed by atoms with E-state index in [1.807, 2.05) is 24.5 Å². The first-order valence-corrected chi connectivity index (χ1v) is 36.3. The molecule has 3 aliphatic heterocycles. The zero-order valence-corrected chi connectivity index (χ0v) is 60.8. The summed E-state index contributed by atoms with van der Waals surface area (Å²) >= 11 is 0. The number of benzene rings is 3. The summed E-state index contributed by atoms with van der Waals surface area (Å²) in [6.45, 7) is 14.9. The van der Waals surface area contributed by atoms with Crippen molar-refractivity contribution in [2.45, 2.75) is 148 Å². The van der Waals surface area contributed by atoms with Gasteiger partial charge < -0.3 is 66.7 Å². The lowest BCUT2D eigenvalue weighted by Crippen LogP contribution is -2.37. The molecule has 6 fully saturated rings. The standard InChI is InChI=1S/2C28H38N4O3.C21H31N3O2.2ClH/c2*1-30(2)19-24-26(34-20-22-6-7-22)11-9-23-25(29-35-28(23)24)10-8-21-12-15-31(16-13-21)17-18-32-14-4-3-5-27(32)33;1-24(2)13-18-20(25-14-16-3-4-16)8-6-17-19(23-26-21(17)18)7-5-15-9-11-22-12-10-15;;/h2*3-5,9,11,14,21-22H,6-8,10,12-13,15-20H2,1-2H3;6,8,15-16,22H,3-5,7,9-14H2,1-2H3;2*1H. The van der Waals surface area contributed by atoms with Gasteiger partial charge in [0.05, 0.1) is 53.6 Å². The number of halogens is 2. The van der Waals surface area contributed by atoms with E-state index in [2.05, 4.69) is 124 Å². The molecule has 3 aliphatic carbocycles. The predicted molar refractivity (Wildman–Crippen MR) is 394 cm³/mol. The second kappa shape index (κ2) is 36.4. The molecule has 0 unspecified atom stereocenters. The van der Waals surface area contributed by atoms with E-state index in [4.69, 9.17) is 27.8 Å². The molecule has 5 aromatic heterocycles. The van der Waals surface area contributed by atoms with Gasteiger partial charge in [-0.25, -0.2) is 0 Å². The second-order valence-electron chi connectivity index (χ2n) is 29.5. The van der Waals surface area contributed by atoms with E-state index < -0.39 is 0 Å². The molecule has 0 bridgehead atoms. The molecule has 19 nitrogen and oxygen atoms in total. The lowest BCUT2D eigenvalue weighted by atomic mass is 9.91. The van der Waals surface area contributed by atoms with E-state index in [0.717, 1.165) is 245 Å². The maximum atomic E-state index is 11.9. The molecular formula is C77H109Cl2N11O8. The first kappa shape index (κ1) is 74.4. The molecule has 534 valence electrons. The van der Waals surface area contributed by atoms with E-state index in [1.54, 1.807) is 33.4 Å². The van der Waals surface area contributed by atoms with Crippen molar-refractivity contribution in [3.8, 4) is 17.2 Å². The van der Waals surface area contributed by atoms with Crippen LogP contribution in [0.3, 0.4) is 0 Å². The highest BCUT2D eigenvalue weighted by atomic mass is 35.5. The number of ether oxygens (including phenoxy) is 3. The normalized spacial score (nSPS) is 17.4. The van der Waals surface area contributed by atoms with Crippen LogP contribution in [0.1, 0.15) is 130 Å². The average molecular weight is 1390 g/mol. The van der Waals surface area contributed by atoms with Crippen molar-refractivity contribution in [3.05, 3.63) is 140 Å². The van der Waals surface area contributed by atoms with Crippen LogP contribution in [0.5, 0.6) is 17.2 Å². The molecule has 3 aromatic carbocycles. The number of piperidine rings is 3. The molecule has 6 aliphatic rings. The minimum Gasteiger partial charge on any atom is -0.493 e. The highest BCUT2D eigenvalue weighted by Crippen LogP contribution is 2.39. The topological polar surface area (TPSA) is 178 Å². The van der Waals surface area contributed by atoms with Crippen molar-refractivity contribution in [1.82, 2.24) is 54.4 Å². The molecule has 0 radical (unpaired) electrons. The third-order valence-electron chi connectivity index (χ3n) is 20.6. The summed E-state index contributed by atoms with van der Waals surface area (Å²) in [5.74, 6) is 7.24. The Morgan fingerprint density at radius 1 is 0.418 bits per heavy atom. The quantitative estimate of drug-likeness (QED) is 0.0449. The van der Waals surface area contributed by atoms with Gasteiger partial charge in [-0.2, -0.15) is 0 Å². The van der Waals surface area contributed by atoms with Crippen LogP contribution in [0.2, 0.25) is 0 Å². The number of hydrogen-bond acceptors (Lipinski definition) is 17. The summed E-state index contributed by atoms with van der Waals surface area (Å²) in [5.41, 5.74) is 9.43. The van der Waals surface area contributed by atoms with Crippen LogP contribution in [0.15, 0.2) is 108 Å². The monoisotopic (exact) mass is 1390 g/mol. The van der Waals surface area contributed by atoms with Gasteiger partial charge in [-0.1, -0.05) is 27.6 Å². The number of aromatic nitrogens is 5. The lowest BCUT2D eigenvalue weighted by Gasteiger charge is -2.32. The molecule has 0 amide bonds. The summed E-state index contributed by atoms with van der Waals surface area (Å²) in [6.07, 6.45) is 25.2. The Morgan fingerprint density at radius 3 is 1.05 bits per heavy atom. The highest BCUT2D eigenvalue weighted by molar-refractivity contribution is 5.87. The van der Waals surface area contributed by atoms with Gasteiger partial charge in [0.1, 0.15) is 17.2 Å². The molecule has 3 saturated carbocycles. The Morgan fingerprint density at radius 2 is 0.745 bits per heavy atom. The van der Waals surface area contributed by atoms with Crippen LogP contribution in [-0.2, 0) is 52.0 Å². The van der Waals surface area contributed by atoms with E-state index in [0.29, 0.717) is 11.8 Å². The van der Waals surface area contributed by atoms with Gasteiger partial charge >= 0.3 is 0 Å². The van der Waals surface area contributed by atoms with Gasteiger partial charge in [-0.3, -0.25) is 9.59 Å². The van der Waals surface area contributed by atoms with Gasteiger partial charge in [0.15, 0.2) is 16.7 Å². The van der Waals surface area contributed by atoms with E-state index >= 15 is 0 Å². The molecule has 0 spiro atoms. The Balaban J connectivity index is 0.000000160. The van der Waals surface area contributed by atoms with Gasteiger partial charge in [0.25, 0.3) is 11.1 Å². The number of hydrogen-bond donors (Lipinski definition) is 1. The number of nitrogens with zero attached hydrogens (tertiary/aromatic N) is 10. The van der Waals surface area contributed by atoms with Gasteiger partial charge in [-0.05, 0) is 281 Å². The molecule has 0 atom stereocenters. The Labute approximate surface area is 592 Å². The summed E-state index contributed by atoms with van der Waals surface area (Å²) < 4.78 is 39.6. The fraction of sp³-hybridized carbons (Fsp3) is 0.597. The molecule has 98 heavy (non-hydrogen) atoms. The maximum Gasteiger partial charge on any atom is 0.250 e. The summed E-state index contributed by atoms with van der Waals surface area (Å²) in [4.78, 5) is 35.3. The summed E-state index contributed by atoms with van der Waals surface area (Å²) in [6, 6.07) is 23.5. The minimum absolute atomic E-state index is 0. The fourth-order valence-electron chi connectivity index (χ4n) is 14.1. The van der Waals surface area contributed by atoms with E-state index in [1.165, 1.54) is 83.5 Å². The van der Waals surface area contributed by atoms with Crippen molar-refractivity contribution in [2.75, 3.05) is 114 Å². The molecule has 8 aromatic rings. The number of pyridine rings is 2. The number of rotatable bonds is 30. The number of likely N-dealkylation sites (tertiary alicyclic amines) is 2.